The molecule has 4 unspecified atom stereocenters. The van der Waals surface area contributed by atoms with Crippen LogP contribution in [-0.4, -0.2) is 23.0 Å². The summed E-state index contributed by atoms with van der Waals surface area (Å²) in [4.78, 5) is 0. The minimum atomic E-state index is -0.0873. The van der Waals surface area contributed by atoms with Gasteiger partial charge in [0.05, 0.1) is 0 Å². The first kappa shape index (κ1) is 7.97. The lowest BCUT2D eigenvalue weighted by Crippen LogP contribution is -2.35. The molecule has 0 aromatic heterocycles. The molecule has 2 fully saturated rings. The van der Waals surface area contributed by atoms with Crippen molar-refractivity contribution in [3.63, 3.8) is 0 Å². The van der Waals surface area contributed by atoms with Crippen LogP contribution in [0.3, 0.4) is 0 Å². The van der Waals surface area contributed by atoms with Crippen LogP contribution in [0.5, 0.6) is 0 Å². The smallest absolute Gasteiger partial charge is 0.00759 e. The molecule has 0 radical (unpaired) electrons. The molecule has 0 aromatic rings. The summed E-state index contributed by atoms with van der Waals surface area (Å²) in [7, 11) is -0.0873. The molecule has 1 saturated carbocycles. The first-order valence-electron chi connectivity index (χ1n) is 4.90. The summed E-state index contributed by atoms with van der Waals surface area (Å²) in [5.74, 6) is 5.31. The van der Waals surface area contributed by atoms with Crippen LogP contribution in [0.15, 0.2) is 0 Å². The second-order valence-electron chi connectivity index (χ2n) is 4.55. The Morgan fingerprint density at radius 3 is 2.36 bits per heavy atom. The largest absolute Gasteiger partial charge is 0.241 e. The lowest BCUT2D eigenvalue weighted by molar-refractivity contribution is 0.636. The van der Waals surface area contributed by atoms with Crippen molar-refractivity contribution >= 4 is 10.0 Å². The normalized spacial score (nSPS) is 61.2. The number of hydrogen-bond acceptors (Lipinski definition) is 0. The van der Waals surface area contributed by atoms with E-state index in [1.165, 1.54) is 11.0 Å². The average Bonchev–Trinajstić information content (AvgIpc) is 2.63. The van der Waals surface area contributed by atoms with Crippen molar-refractivity contribution in [1.29, 1.82) is 0 Å². The molecule has 0 aromatic carbocycles. The zero-order valence-corrected chi connectivity index (χ0v) is 8.79. The minimum absolute atomic E-state index is 0.0873. The van der Waals surface area contributed by atoms with Crippen molar-refractivity contribution < 1.29 is 0 Å². The zero-order chi connectivity index (χ0) is 8.06. The van der Waals surface area contributed by atoms with Crippen molar-refractivity contribution in [2.45, 2.75) is 31.9 Å². The molecular formula is C10H20S. The molecule has 2 rings (SSSR count). The highest BCUT2D eigenvalue weighted by atomic mass is 32.3. The van der Waals surface area contributed by atoms with Gasteiger partial charge >= 0.3 is 0 Å². The molecule has 0 bridgehead atoms. The van der Waals surface area contributed by atoms with E-state index >= 15 is 0 Å². The quantitative estimate of drug-likeness (QED) is 0.601. The fraction of sp³-hybridized carbons (Fsp3) is 1.00. The van der Waals surface area contributed by atoms with Crippen molar-refractivity contribution in [1.82, 2.24) is 0 Å². The Morgan fingerprint density at radius 2 is 2.09 bits per heavy atom. The Kier molecular flexibility index (Phi) is 1.75. The standard InChI is InChI=1S/C10H20S/c1-4-11(3)6-5-10(11)9-7-8(9)2/h8-10H,4-7H2,1-3H3. The first-order chi connectivity index (χ1) is 5.17. The Hall–Kier alpha value is 0.350. The van der Waals surface area contributed by atoms with Crippen LogP contribution in [0.25, 0.3) is 0 Å². The second-order valence-corrected chi connectivity index (χ2v) is 8.84. The van der Waals surface area contributed by atoms with Gasteiger partial charge in [-0.15, -0.1) is 0 Å². The molecule has 1 heteroatoms. The monoisotopic (exact) mass is 172 g/mol. The maximum absolute atomic E-state index is 2.58. The van der Waals surface area contributed by atoms with E-state index in [1.54, 1.807) is 18.6 Å². The van der Waals surface area contributed by atoms with Crippen molar-refractivity contribution in [3.8, 4) is 0 Å². The fourth-order valence-corrected chi connectivity index (χ4v) is 5.77. The van der Waals surface area contributed by atoms with Crippen LogP contribution in [0.2, 0.25) is 0 Å². The van der Waals surface area contributed by atoms with Crippen molar-refractivity contribution in [2.75, 3.05) is 17.8 Å². The summed E-state index contributed by atoms with van der Waals surface area (Å²) in [5, 5.41) is 1.18. The van der Waals surface area contributed by atoms with E-state index in [2.05, 4.69) is 20.1 Å². The number of hydrogen-bond donors (Lipinski definition) is 0. The van der Waals surface area contributed by atoms with Gasteiger partial charge in [0.15, 0.2) is 0 Å². The molecule has 1 saturated heterocycles. The first-order valence-corrected chi connectivity index (χ1v) is 7.34. The molecule has 0 N–H and O–H groups in total. The Balaban J connectivity index is 1.95. The van der Waals surface area contributed by atoms with E-state index in [0.717, 1.165) is 11.8 Å². The summed E-state index contributed by atoms with van der Waals surface area (Å²) >= 11 is 0. The van der Waals surface area contributed by atoms with Crippen molar-refractivity contribution in [3.05, 3.63) is 0 Å². The van der Waals surface area contributed by atoms with Gasteiger partial charge in [-0.05, 0) is 47.7 Å². The molecule has 66 valence electrons. The molecule has 4 atom stereocenters. The van der Waals surface area contributed by atoms with Gasteiger partial charge in [-0.2, -0.15) is 0 Å². The lowest BCUT2D eigenvalue weighted by atomic mass is 10.2. The molecule has 1 aliphatic carbocycles. The van der Waals surface area contributed by atoms with Crippen LogP contribution >= 0.6 is 10.0 Å². The zero-order valence-electron chi connectivity index (χ0n) is 7.97. The van der Waals surface area contributed by atoms with Crippen LogP contribution in [0.1, 0.15) is 26.7 Å². The maximum Gasteiger partial charge on any atom is -0.00759 e. The maximum atomic E-state index is 2.58. The van der Waals surface area contributed by atoms with Gasteiger partial charge in [-0.25, -0.2) is 10.0 Å². The Morgan fingerprint density at radius 1 is 1.45 bits per heavy atom. The van der Waals surface area contributed by atoms with E-state index in [0.29, 0.717) is 0 Å². The summed E-state index contributed by atoms with van der Waals surface area (Å²) in [6.07, 6.45) is 5.69. The van der Waals surface area contributed by atoms with Gasteiger partial charge in [-0.1, -0.05) is 13.8 Å². The second kappa shape index (κ2) is 2.42. The van der Waals surface area contributed by atoms with Gasteiger partial charge in [-0.3, -0.25) is 0 Å². The van der Waals surface area contributed by atoms with Gasteiger partial charge in [0.2, 0.25) is 0 Å². The molecular weight excluding hydrogens is 152 g/mol. The van der Waals surface area contributed by atoms with Gasteiger partial charge < -0.3 is 0 Å². The van der Waals surface area contributed by atoms with Gasteiger partial charge in [0.25, 0.3) is 0 Å². The van der Waals surface area contributed by atoms with E-state index < -0.39 is 0 Å². The molecule has 0 spiro atoms. The highest BCUT2D eigenvalue weighted by Crippen LogP contribution is 2.67. The van der Waals surface area contributed by atoms with Crippen LogP contribution < -0.4 is 0 Å². The van der Waals surface area contributed by atoms with Crippen LogP contribution in [0.4, 0.5) is 0 Å². The van der Waals surface area contributed by atoms with E-state index in [9.17, 15) is 0 Å². The summed E-state index contributed by atoms with van der Waals surface area (Å²) in [6, 6.07) is 0. The highest BCUT2D eigenvalue weighted by Gasteiger charge is 2.49. The van der Waals surface area contributed by atoms with Crippen molar-refractivity contribution in [2.24, 2.45) is 11.8 Å². The average molecular weight is 172 g/mol. The molecule has 11 heavy (non-hydrogen) atoms. The third kappa shape index (κ3) is 1.12. The van der Waals surface area contributed by atoms with Crippen LogP contribution in [0, 0.1) is 11.8 Å². The summed E-state index contributed by atoms with van der Waals surface area (Å²) in [5.41, 5.74) is 0. The third-order valence-corrected chi connectivity index (χ3v) is 8.44. The highest BCUT2D eigenvalue weighted by molar-refractivity contribution is 8.34. The summed E-state index contributed by atoms with van der Waals surface area (Å²) in [6.45, 7) is 4.83. The predicted molar refractivity (Wildman–Crippen MR) is 54.6 cm³/mol. The van der Waals surface area contributed by atoms with E-state index in [-0.39, 0.29) is 10.0 Å². The molecule has 1 heterocycles. The fourth-order valence-electron chi connectivity index (χ4n) is 2.52. The number of rotatable bonds is 2. The van der Waals surface area contributed by atoms with Crippen LogP contribution in [-0.2, 0) is 0 Å². The minimum Gasteiger partial charge on any atom is -0.241 e. The molecule has 2 aliphatic rings. The lowest BCUT2D eigenvalue weighted by Gasteiger charge is -2.53. The SMILES string of the molecule is CCS1(C)CCC1C1CC1C. The molecule has 0 amide bonds. The van der Waals surface area contributed by atoms with Gasteiger partial charge in [0, 0.05) is 0 Å². The predicted octanol–water partition coefficient (Wildman–Crippen LogP) is 2.87. The summed E-state index contributed by atoms with van der Waals surface area (Å²) < 4.78 is 0. The van der Waals surface area contributed by atoms with E-state index in [4.69, 9.17) is 0 Å². The molecule has 0 nitrogen and oxygen atoms in total. The van der Waals surface area contributed by atoms with Gasteiger partial charge in [0.1, 0.15) is 0 Å². The Bertz CT molecular complexity index is 162. The Labute approximate surface area is 72.1 Å². The topological polar surface area (TPSA) is 0 Å². The third-order valence-electron chi connectivity index (χ3n) is 3.91. The van der Waals surface area contributed by atoms with E-state index in [1.807, 2.05) is 0 Å². The molecule has 1 aliphatic heterocycles.